The average Bonchev–Trinajstić information content (AvgIpc) is 3.17. The summed E-state index contributed by atoms with van der Waals surface area (Å²) in [5, 5.41) is 13.6. The molecule has 3 aliphatic rings. The number of aromatic nitrogens is 4. The number of amides is 1. The van der Waals surface area contributed by atoms with Crippen LogP contribution in [0.3, 0.4) is 0 Å². The number of rotatable bonds is 2. The van der Waals surface area contributed by atoms with Gasteiger partial charge >= 0.3 is 0 Å². The molecule has 5 rings (SSSR count). The summed E-state index contributed by atoms with van der Waals surface area (Å²) in [6.07, 6.45) is 8.70. The Bertz CT molecular complexity index is 786. The summed E-state index contributed by atoms with van der Waals surface area (Å²) >= 11 is 0. The quantitative estimate of drug-likeness (QED) is 0.848. The molecule has 24 heavy (non-hydrogen) atoms. The summed E-state index contributed by atoms with van der Waals surface area (Å²) < 4.78 is 1.96. The molecule has 2 aromatic heterocycles. The first-order chi connectivity index (χ1) is 11.8. The summed E-state index contributed by atoms with van der Waals surface area (Å²) in [7, 11) is 0. The number of hydrogen-bond donors (Lipinski definition) is 0. The number of carbonyl (C=O) groups excluding carboxylic acids is 1. The normalized spacial score (nSPS) is 21.9. The zero-order chi connectivity index (χ0) is 16.1. The monoisotopic (exact) mass is 325 g/mol. The van der Waals surface area contributed by atoms with E-state index in [1.165, 1.54) is 24.1 Å². The van der Waals surface area contributed by atoms with E-state index >= 15 is 0 Å². The highest BCUT2D eigenvalue weighted by Crippen LogP contribution is 2.32. The molecule has 2 fully saturated rings. The Hall–Kier alpha value is -1.98. The van der Waals surface area contributed by atoms with E-state index in [0.717, 1.165) is 63.1 Å². The standard InChI is InChI=1S/C18H23N5O/c24-18(13-3-1-4-13)22-9-7-12(8-10-22)17-20-19-16-11-14-5-2-6-15(14)21-23(16)17/h11-13H,1-10H2. The number of carbonyl (C=O) groups is 1. The summed E-state index contributed by atoms with van der Waals surface area (Å²) in [6.45, 7) is 1.69. The van der Waals surface area contributed by atoms with Gasteiger partial charge in [0.2, 0.25) is 5.91 Å². The maximum Gasteiger partial charge on any atom is 0.225 e. The first-order valence-corrected chi connectivity index (χ1v) is 9.32. The molecule has 0 spiro atoms. The van der Waals surface area contributed by atoms with Gasteiger partial charge in [0.1, 0.15) is 0 Å². The van der Waals surface area contributed by atoms with Crippen LogP contribution in [0.5, 0.6) is 0 Å². The van der Waals surface area contributed by atoms with Gasteiger partial charge in [-0.05, 0) is 56.6 Å². The minimum Gasteiger partial charge on any atom is -0.342 e. The zero-order valence-electron chi connectivity index (χ0n) is 13.9. The lowest BCUT2D eigenvalue weighted by molar-refractivity contribution is -0.139. The molecule has 3 heterocycles. The summed E-state index contributed by atoms with van der Waals surface area (Å²) in [4.78, 5) is 14.5. The van der Waals surface area contributed by atoms with Crippen molar-refractivity contribution in [1.29, 1.82) is 0 Å². The molecular formula is C18H23N5O. The third kappa shape index (κ3) is 2.23. The lowest BCUT2D eigenvalue weighted by Gasteiger charge is -2.36. The third-order valence-corrected chi connectivity index (χ3v) is 6.07. The Morgan fingerprint density at radius 1 is 1.04 bits per heavy atom. The predicted octanol–water partition coefficient (Wildman–Crippen LogP) is 2.12. The summed E-state index contributed by atoms with van der Waals surface area (Å²) in [6, 6.07) is 2.15. The molecule has 0 aromatic carbocycles. The van der Waals surface area contributed by atoms with Gasteiger partial charge < -0.3 is 4.90 Å². The molecule has 0 atom stereocenters. The molecule has 1 aliphatic heterocycles. The average molecular weight is 325 g/mol. The maximum atomic E-state index is 12.4. The Morgan fingerprint density at radius 3 is 2.62 bits per heavy atom. The first-order valence-electron chi connectivity index (χ1n) is 9.32. The van der Waals surface area contributed by atoms with Crippen LogP contribution in [-0.4, -0.2) is 43.7 Å². The lowest BCUT2D eigenvalue weighted by atomic mass is 9.83. The van der Waals surface area contributed by atoms with Gasteiger partial charge in [-0.25, -0.2) is 0 Å². The van der Waals surface area contributed by atoms with Gasteiger partial charge in [-0.2, -0.15) is 9.61 Å². The number of fused-ring (bicyclic) bond motifs is 2. The zero-order valence-corrected chi connectivity index (χ0v) is 13.9. The van der Waals surface area contributed by atoms with Gasteiger partial charge in [-0.3, -0.25) is 4.79 Å². The smallest absolute Gasteiger partial charge is 0.225 e. The lowest BCUT2D eigenvalue weighted by Crippen LogP contribution is -2.43. The van der Waals surface area contributed by atoms with Gasteiger partial charge in [0.25, 0.3) is 0 Å². The van der Waals surface area contributed by atoms with Crippen molar-refractivity contribution in [3.63, 3.8) is 0 Å². The number of piperidine rings is 1. The number of likely N-dealkylation sites (tertiary alicyclic amines) is 1. The van der Waals surface area contributed by atoms with Crippen molar-refractivity contribution < 1.29 is 4.79 Å². The Balaban J connectivity index is 1.34. The second-order valence-electron chi connectivity index (χ2n) is 7.53. The highest BCUT2D eigenvalue weighted by molar-refractivity contribution is 5.79. The van der Waals surface area contributed by atoms with Gasteiger partial charge in [-0.1, -0.05) is 6.42 Å². The highest BCUT2D eigenvalue weighted by Gasteiger charge is 2.33. The molecule has 6 nitrogen and oxygen atoms in total. The minimum atomic E-state index is 0.305. The van der Waals surface area contributed by atoms with Crippen LogP contribution in [0, 0.1) is 5.92 Å². The van der Waals surface area contributed by atoms with E-state index in [9.17, 15) is 4.79 Å². The van der Waals surface area contributed by atoms with Crippen molar-refractivity contribution in [1.82, 2.24) is 24.7 Å². The van der Waals surface area contributed by atoms with Gasteiger partial charge in [0.05, 0.1) is 5.69 Å². The van der Waals surface area contributed by atoms with Crippen molar-refractivity contribution in [2.75, 3.05) is 13.1 Å². The first kappa shape index (κ1) is 14.4. The van der Waals surface area contributed by atoms with Crippen LogP contribution < -0.4 is 0 Å². The third-order valence-electron chi connectivity index (χ3n) is 6.07. The van der Waals surface area contributed by atoms with Crippen molar-refractivity contribution in [2.45, 2.75) is 57.3 Å². The fourth-order valence-electron chi connectivity index (χ4n) is 4.32. The van der Waals surface area contributed by atoms with E-state index in [-0.39, 0.29) is 0 Å². The number of nitrogens with zero attached hydrogens (tertiary/aromatic N) is 5. The topological polar surface area (TPSA) is 63.4 Å². The van der Waals surface area contributed by atoms with Crippen LogP contribution in [0.2, 0.25) is 0 Å². The molecule has 2 aliphatic carbocycles. The summed E-state index contributed by atoms with van der Waals surface area (Å²) in [5.74, 6) is 2.02. The molecule has 1 saturated carbocycles. The van der Waals surface area contributed by atoms with Crippen molar-refractivity contribution in [2.24, 2.45) is 5.92 Å². The van der Waals surface area contributed by atoms with Crippen molar-refractivity contribution in [3.8, 4) is 0 Å². The second kappa shape index (κ2) is 5.53. The van der Waals surface area contributed by atoms with Crippen molar-refractivity contribution >= 4 is 11.6 Å². The Labute approximate surface area is 141 Å². The molecule has 2 aromatic rings. The SMILES string of the molecule is O=C(C1CCC1)N1CCC(c2nnc3cc4c(nn23)CCC4)CC1. The van der Waals surface area contributed by atoms with Gasteiger partial charge in [0, 0.05) is 24.9 Å². The van der Waals surface area contributed by atoms with Crippen LogP contribution in [0.15, 0.2) is 6.07 Å². The maximum absolute atomic E-state index is 12.4. The molecular weight excluding hydrogens is 302 g/mol. The van der Waals surface area contributed by atoms with Crippen LogP contribution in [0.4, 0.5) is 0 Å². The fraction of sp³-hybridized carbons (Fsp3) is 0.667. The number of hydrogen-bond acceptors (Lipinski definition) is 4. The van der Waals surface area contributed by atoms with E-state index in [1.807, 2.05) is 4.52 Å². The molecule has 0 radical (unpaired) electrons. The van der Waals surface area contributed by atoms with Crippen LogP contribution in [-0.2, 0) is 17.6 Å². The van der Waals surface area contributed by atoms with E-state index in [1.54, 1.807) is 0 Å². The van der Waals surface area contributed by atoms with E-state index < -0.39 is 0 Å². The van der Waals surface area contributed by atoms with Crippen LogP contribution in [0.1, 0.15) is 61.5 Å². The number of aryl methyl sites for hydroxylation is 2. The fourth-order valence-corrected chi connectivity index (χ4v) is 4.32. The van der Waals surface area contributed by atoms with Crippen molar-refractivity contribution in [3.05, 3.63) is 23.1 Å². The molecule has 1 saturated heterocycles. The molecule has 0 bridgehead atoms. The van der Waals surface area contributed by atoms with Gasteiger partial charge in [-0.15, -0.1) is 10.2 Å². The molecule has 0 N–H and O–H groups in total. The van der Waals surface area contributed by atoms with E-state index in [2.05, 4.69) is 21.2 Å². The minimum absolute atomic E-state index is 0.305. The molecule has 0 unspecified atom stereocenters. The molecule has 1 amide bonds. The largest absolute Gasteiger partial charge is 0.342 e. The summed E-state index contributed by atoms with van der Waals surface area (Å²) in [5.41, 5.74) is 3.42. The van der Waals surface area contributed by atoms with Crippen LogP contribution >= 0.6 is 0 Å². The van der Waals surface area contributed by atoms with E-state index in [4.69, 9.17) is 5.10 Å². The predicted molar refractivity (Wildman–Crippen MR) is 88.7 cm³/mol. The second-order valence-corrected chi connectivity index (χ2v) is 7.53. The highest BCUT2D eigenvalue weighted by atomic mass is 16.2. The Kier molecular flexibility index (Phi) is 3.31. The molecule has 6 heteroatoms. The Morgan fingerprint density at radius 2 is 1.88 bits per heavy atom. The molecule has 126 valence electrons. The van der Waals surface area contributed by atoms with Crippen LogP contribution in [0.25, 0.3) is 5.65 Å². The van der Waals surface area contributed by atoms with E-state index in [0.29, 0.717) is 17.7 Å². The van der Waals surface area contributed by atoms with Gasteiger partial charge in [0.15, 0.2) is 11.5 Å².